The van der Waals surface area contributed by atoms with Crippen LogP contribution in [0, 0.1) is 5.92 Å². The van der Waals surface area contributed by atoms with Crippen LogP contribution in [0.3, 0.4) is 0 Å². The van der Waals surface area contributed by atoms with Gasteiger partial charge in [0.05, 0.1) is 12.5 Å². The fraction of sp³-hybridized carbons (Fsp3) is 0.692. The van der Waals surface area contributed by atoms with Gasteiger partial charge in [-0.25, -0.2) is 0 Å². The van der Waals surface area contributed by atoms with Crippen LogP contribution in [0.1, 0.15) is 37.7 Å². The number of hydrogen-bond acceptors (Lipinski definition) is 2. The Kier molecular flexibility index (Phi) is 3.84. The first-order chi connectivity index (χ1) is 7.40. The summed E-state index contributed by atoms with van der Waals surface area (Å²) in [5.41, 5.74) is 1.33. The molecule has 0 saturated heterocycles. The maximum absolute atomic E-state index is 5.09. The van der Waals surface area contributed by atoms with Crippen molar-refractivity contribution in [1.82, 2.24) is 5.32 Å². The Balaban J connectivity index is 1.80. The second-order valence-electron chi connectivity index (χ2n) is 4.61. The molecule has 2 heteroatoms. The Morgan fingerprint density at radius 1 is 1.47 bits per heavy atom. The van der Waals surface area contributed by atoms with E-state index >= 15 is 0 Å². The van der Waals surface area contributed by atoms with E-state index in [9.17, 15) is 0 Å². The Labute approximate surface area is 92.1 Å². The van der Waals surface area contributed by atoms with Crippen LogP contribution >= 0.6 is 0 Å². The van der Waals surface area contributed by atoms with E-state index in [4.69, 9.17) is 4.42 Å². The summed E-state index contributed by atoms with van der Waals surface area (Å²) in [4.78, 5) is 0. The molecule has 1 unspecified atom stereocenters. The molecule has 0 spiro atoms. The van der Waals surface area contributed by atoms with Gasteiger partial charge < -0.3 is 9.73 Å². The van der Waals surface area contributed by atoms with E-state index in [-0.39, 0.29) is 0 Å². The maximum Gasteiger partial charge on any atom is 0.0934 e. The highest BCUT2D eigenvalue weighted by atomic mass is 16.3. The van der Waals surface area contributed by atoms with E-state index in [1.54, 1.807) is 6.26 Å². The molecule has 2 rings (SSSR count). The van der Waals surface area contributed by atoms with Gasteiger partial charge in [-0.15, -0.1) is 0 Å². The maximum atomic E-state index is 5.09. The number of rotatable bonds is 5. The lowest BCUT2D eigenvalue weighted by Gasteiger charge is -2.22. The minimum absolute atomic E-state index is 0.697. The fourth-order valence-electron chi connectivity index (χ4n) is 2.73. The predicted octanol–water partition coefficient (Wildman–Crippen LogP) is 2.99. The summed E-state index contributed by atoms with van der Waals surface area (Å²) >= 11 is 0. The fourth-order valence-corrected chi connectivity index (χ4v) is 2.73. The van der Waals surface area contributed by atoms with E-state index < -0.39 is 0 Å². The van der Waals surface area contributed by atoms with Gasteiger partial charge in [0.15, 0.2) is 0 Å². The highest BCUT2D eigenvalue weighted by molar-refractivity contribution is 5.05. The van der Waals surface area contributed by atoms with Gasteiger partial charge in [-0.1, -0.05) is 12.8 Å². The monoisotopic (exact) mass is 207 g/mol. The van der Waals surface area contributed by atoms with Gasteiger partial charge in [-0.05, 0) is 50.3 Å². The Morgan fingerprint density at radius 2 is 2.27 bits per heavy atom. The molecule has 1 saturated carbocycles. The Hall–Kier alpha value is -0.760. The molecular weight excluding hydrogens is 186 g/mol. The zero-order valence-corrected chi connectivity index (χ0v) is 9.54. The quantitative estimate of drug-likeness (QED) is 0.803. The number of hydrogen-bond donors (Lipinski definition) is 1. The standard InChI is InChI=1S/C13H21NO/c1-14-13(12-4-2-3-5-12)7-6-11-8-9-15-10-11/h8-10,12-14H,2-7H2,1H3. The van der Waals surface area contributed by atoms with Crippen LogP contribution in [0.4, 0.5) is 0 Å². The average molecular weight is 207 g/mol. The van der Waals surface area contributed by atoms with Crippen molar-refractivity contribution in [2.45, 2.75) is 44.6 Å². The van der Waals surface area contributed by atoms with E-state index in [0.717, 1.165) is 12.3 Å². The first-order valence-corrected chi connectivity index (χ1v) is 6.08. The summed E-state index contributed by atoms with van der Waals surface area (Å²) in [7, 11) is 2.10. The molecular formula is C13H21NO. The van der Waals surface area contributed by atoms with Crippen molar-refractivity contribution < 1.29 is 4.42 Å². The van der Waals surface area contributed by atoms with Crippen LogP contribution in [0.5, 0.6) is 0 Å². The number of furan rings is 1. The molecule has 2 nitrogen and oxygen atoms in total. The lowest BCUT2D eigenvalue weighted by atomic mass is 9.93. The third kappa shape index (κ3) is 2.85. The minimum Gasteiger partial charge on any atom is -0.472 e. The zero-order valence-electron chi connectivity index (χ0n) is 9.54. The molecule has 1 atom stereocenters. The molecule has 1 heterocycles. The van der Waals surface area contributed by atoms with Gasteiger partial charge in [0, 0.05) is 6.04 Å². The molecule has 0 aromatic carbocycles. The predicted molar refractivity (Wildman–Crippen MR) is 61.8 cm³/mol. The van der Waals surface area contributed by atoms with Gasteiger partial charge in [-0.2, -0.15) is 0 Å². The first kappa shape index (κ1) is 10.7. The Morgan fingerprint density at radius 3 is 2.87 bits per heavy atom. The third-order valence-electron chi connectivity index (χ3n) is 3.66. The van der Waals surface area contributed by atoms with Crippen LogP contribution in [-0.2, 0) is 6.42 Å². The Bertz CT molecular complexity index is 262. The van der Waals surface area contributed by atoms with Crippen LogP contribution in [0.2, 0.25) is 0 Å². The first-order valence-electron chi connectivity index (χ1n) is 6.08. The van der Waals surface area contributed by atoms with Crippen molar-refractivity contribution in [2.75, 3.05) is 7.05 Å². The molecule has 1 fully saturated rings. The minimum atomic E-state index is 0.697. The van der Waals surface area contributed by atoms with Crippen molar-refractivity contribution in [2.24, 2.45) is 5.92 Å². The van der Waals surface area contributed by atoms with Gasteiger partial charge in [0.25, 0.3) is 0 Å². The highest BCUT2D eigenvalue weighted by Crippen LogP contribution is 2.29. The van der Waals surface area contributed by atoms with E-state index in [0.29, 0.717) is 6.04 Å². The topological polar surface area (TPSA) is 25.2 Å². The summed E-state index contributed by atoms with van der Waals surface area (Å²) in [6, 6.07) is 2.77. The van der Waals surface area contributed by atoms with Crippen LogP contribution in [-0.4, -0.2) is 13.1 Å². The van der Waals surface area contributed by atoms with Crippen molar-refractivity contribution in [3.05, 3.63) is 24.2 Å². The average Bonchev–Trinajstić information content (AvgIpc) is 2.90. The normalized spacial score (nSPS) is 19.5. The van der Waals surface area contributed by atoms with E-state index in [1.807, 2.05) is 6.26 Å². The van der Waals surface area contributed by atoms with E-state index in [1.165, 1.54) is 37.7 Å². The van der Waals surface area contributed by atoms with Crippen molar-refractivity contribution in [3.63, 3.8) is 0 Å². The lowest BCUT2D eigenvalue weighted by Crippen LogP contribution is -2.32. The summed E-state index contributed by atoms with van der Waals surface area (Å²) in [6.07, 6.45) is 11.7. The van der Waals surface area contributed by atoms with Gasteiger partial charge in [-0.3, -0.25) is 0 Å². The van der Waals surface area contributed by atoms with Crippen LogP contribution in [0.15, 0.2) is 23.0 Å². The van der Waals surface area contributed by atoms with Gasteiger partial charge in [0.2, 0.25) is 0 Å². The van der Waals surface area contributed by atoms with Crippen molar-refractivity contribution in [1.29, 1.82) is 0 Å². The van der Waals surface area contributed by atoms with Gasteiger partial charge in [0.1, 0.15) is 0 Å². The lowest BCUT2D eigenvalue weighted by molar-refractivity contribution is 0.359. The van der Waals surface area contributed by atoms with E-state index in [2.05, 4.69) is 18.4 Å². The molecule has 1 aliphatic rings. The molecule has 84 valence electrons. The zero-order chi connectivity index (χ0) is 10.5. The number of aryl methyl sites for hydroxylation is 1. The summed E-state index contributed by atoms with van der Waals surface area (Å²) in [6.45, 7) is 0. The molecule has 0 radical (unpaired) electrons. The molecule has 1 aliphatic carbocycles. The van der Waals surface area contributed by atoms with Crippen LogP contribution < -0.4 is 5.32 Å². The van der Waals surface area contributed by atoms with Crippen molar-refractivity contribution in [3.8, 4) is 0 Å². The SMILES string of the molecule is CNC(CCc1ccoc1)C1CCCC1. The largest absolute Gasteiger partial charge is 0.472 e. The summed E-state index contributed by atoms with van der Waals surface area (Å²) < 4.78 is 5.09. The molecule has 1 N–H and O–H groups in total. The van der Waals surface area contributed by atoms with Crippen molar-refractivity contribution >= 4 is 0 Å². The second kappa shape index (κ2) is 5.36. The molecule has 15 heavy (non-hydrogen) atoms. The molecule has 1 aromatic heterocycles. The van der Waals surface area contributed by atoms with Gasteiger partial charge >= 0.3 is 0 Å². The third-order valence-corrected chi connectivity index (χ3v) is 3.66. The summed E-state index contributed by atoms with van der Waals surface area (Å²) in [5.74, 6) is 0.905. The highest BCUT2D eigenvalue weighted by Gasteiger charge is 2.23. The number of nitrogens with one attached hydrogen (secondary N) is 1. The molecule has 1 aromatic rings. The van der Waals surface area contributed by atoms with Crippen LogP contribution in [0.25, 0.3) is 0 Å². The smallest absolute Gasteiger partial charge is 0.0934 e. The summed E-state index contributed by atoms with van der Waals surface area (Å²) in [5, 5.41) is 3.48. The molecule has 0 aliphatic heterocycles. The second-order valence-corrected chi connectivity index (χ2v) is 4.61. The molecule has 0 amide bonds. The molecule has 0 bridgehead atoms.